The van der Waals surface area contributed by atoms with Crippen molar-refractivity contribution in [1.29, 1.82) is 0 Å². The van der Waals surface area contributed by atoms with Gasteiger partial charge in [0.15, 0.2) is 23.3 Å². The maximum atomic E-state index is 13.0. The van der Waals surface area contributed by atoms with Crippen molar-refractivity contribution < 1.29 is 43.5 Å². The van der Waals surface area contributed by atoms with E-state index >= 15 is 0 Å². The zero-order valence-corrected chi connectivity index (χ0v) is 63.5. The fourth-order valence-corrected chi connectivity index (χ4v) is 15.2. The average molecular weight is 1580 g/mol. The van der Waals surface area contributed by atoms with Gasteiger partial charge in [0.25, 0.3) is 41.3 Å². The molecule has 0 saturated heterocycles. The molecule has 0 bridgehead atoms. The lowest BCUT2D eigenvalue weighted by molar-refractivity contribution is -0.121. The second kappa shape index (κ2) is 32.9. The molecule has 8 aromatic heterocycles. The SMILES string of the molecule is CN1C(=O)[C@@H](N)C2C[C@H]2c2nccnc21.CN1C(=O)[C@@H](NC(=O)c2n[nH]c(Cc3ccccc3)n2)[C@H]2C[C@H]2c2nccnc21.CN1C(=O)[C@@H](NC(=O)c2n[nH]c(Cc3ccccc3)n2)[C@H]2C[C@H]2c2nccnc21.CN1C(=O)[C@H](NC(=O)c2n[nH]c(Cc3ccccc3)n2)[C@@H]2C[C@@H]2c2nccnc21.O=C(O)c1n[nH]c(Cc2ccccc2)n1. The average Bonchev–Trinajstić information content (AvgIpc) is 1.61. The van der Waals surface area contributed by atoms with Gasteiger partial charge < -0.3 is 26.8 Å². The van der Waals surface area contributed by atoms with Gasteiger partial charge in [0.05, 0.1) is 28.8 Å². The Kier molecular flexibility index (Phi) is 21.5. The maximum Gasteiger partial charge on any atom is 0.375 e. The van der Waals surface area contributed by atoms with Crippen LogP contribution in [0.3, 0.4) is 0 Å². The lowest BCUT2D eigenvalue weighted by atomic mass is 10.1. The molecular weight excluding hydrogens is 1500 g/mol. The number of amides is 7. The summed E-state index contributed by atoms with van der Waals surface area (Å²) in [5, 5.41) is 43.8. The highest BCUT2D eigenvalue weighted by Crippen LogP contribution is 2.56. The van der Waals surface area contributed by atoms with Gasteiger partial charge in [0.2, 0.25) is 23.4 Å². The number of nitrogens with two attached hydrogens (primary N) is 1. The number of carboxylic acids is 1. The van der Waals surface area contributed by atoms with Crippen LogP contribution >= 0.6 is 0 Å². The number of aromatic carboxylic acids is 1. The van der Waals surface area contributed by atoms with Crippen molar-refractivity contribution in [3.8, 4) is 0 Å². The highest BCUT2D eigenvalue weighted by Gasteiger charge is 2.57. The summed E-state index contributed by atoms with van der Waals surface area (Å²) in [6.07, 6.45) is 18.4. The summed E-state index contributed by atoms with van der Waals surface area (Å²) in [5.74, 6) is 2.38. The van der Waals surface area contributed by atoms with Crippen LogP contribution < -0.4 is 41.3 Å². The molecule has 20 rings (SSSR count). The first-order valence-electron chi connectivity index (χ1n) is 37.9. The Balaban J connectivity index is 0.000000112. The van der Waals surface area contributed by atoms with Crippen LogP contribution in [0.5, 0.6) is 0 Å². The summed E-state index contributed by atoms with van der Waals surface area (Å²) in [6.45, 7) is 0. The smallest absolute Gasteiger partial charge is 0.375 e. The first kappa shape index (κ1) is 76.5. The molecular formula is C80H78N28O9. The highest BCUT2D eigenvalue weighted by atomic mass is 16.4. The van der Waals surface area contributed by atoms with E-state index in [1.54, 1.807) is 77.8 Å². The Labute approximate surface area is 666 Å². The van der Waals surface area contributed by atoms with Crippen LogP contribution in [0, 0.1) is 23.7 Å². The number of nitrogens with zero attached hydrogens (tertiary/aromatic N) is 20. The maximum absolute atomic E-state index is 13.0. The molecule has 12 heterocycles. The van der Waals surface area contributed by atoms with Crippen molar-refractivity contribution in [2.24, 2.45) is 29.4 Å². The van der Waals surface area contributed by atoms with E-state index in [0.29, 0.717) is 78.2 Å². The fraction of sp³-hybridized carbons (Fsp3) is 0.300. The minimum atomic E-state index is -1.12. The molecule has 7 amide bonds. The molecule has 37 nitrogen and oxygen atoms in total. The predicted molar refractivity (Wildman–Crippen MR) is 416 cm³/mol. The Bertz CT molecular complexity index is 5280. The standard InChI is InChI=1S/3C20H19N7O2.C10H12N4O.C10H9N3O2/c3*1-27-18-15(21-7-8-22-18)12-10-13(12)16(20(27)29)24-19(28)17-23-14(25-26-17)9-11-5-3-2-4-6-11;1-14-9-8(12-2-3-13-9)6-4-5(6)7(11)10(14)15;14-10(15)9-11-8(12-13-9)6-7-4-2-1-3-5-7/h3*2-8,12-13,16H,9-10H2,1H3,(H,24,28)(H,23,25,26);2-3,5-7H,4,11H2,1H3;1-5H,6H2,(H,14,15)(H,11,12,13)/t3*12-,13+,16+;5?,6-,7+;/m1101./s1. The molecule has 37 heteroatoms. The molecule has 0 spiro atoms. The summed E-state index contributed by atoms with van der Waals surface area (Å²) in [4.78, 5) is 157. The number of rotatable bonds is 15. The van der Waals surface area contributed by atoms with Gasteiger partial charge >= 0.3 is 5.97 Å². The van der Waals surface area contributed by atoms with Crippen molar-refractivity contribution in [3.05, 3.63) is 263 Å². The topological polar surface area (TPSA) is 501 Å². The number of benzene rings is 4. The lowest BCUT2D eigenvalue weighted by Crippen LogP contribution is -2.48. The van der Waals surface area contributed by atoms with Gasteiger partial charge in [-0.2, -0.15) is 0 Å². The van der Waals surface area contributed by atoms with Crippen molar-refractivity contribution >= 4 is 70.6 Å². The number of hydrogen-bond acceptors (Lipinski definition) is 25. The molecule has 4 aromatic carbocycles. The van der Waals surface area contributed by atoms with Crippen molar-refractivity contribution in [2.45, 2.75) is 99.2 Å². The molecule has 4 aliphatic heterocycles. The van der Waals surface area contributed by atoms with E-state index < -0.39 is 47.9 Å². The molecule has 4 aliphatic carbocycles. The molecule has 8 aliphatic rings. The van der Waals surface area contributed by atoms with Gasteiger partial charge in [-0.1, -0.05) is 121 Å². The van der Waals surface area contributed by atoms with Crippen LogP contribution in [0.15, 0.2) is 171 Å². The molecule has 592 valence electrons. The van der Waals surface area contributed by atoms with Crippen molar-refractivity contribution in [3.63, 3.8) is 0 Å². The summed E-state index contributed by atoms with van der Waals surface area (Å²) in [6, 6.07) is 36.7. The van der Waals surface area contributed by atoms with Crippen LogP contribution in [0.25, 0.3) is 0 Å². The molecule has 10 N–H and O–H groups in total. The summed E-state index contributed by atoms with van der Waals surface area (Å²) < 4.78 is 0. The minimum absolute atomic E-state index is 0.00887. The number of carboxylic acid groups (broad SMARTS) is 1. The largest absolute Gasteiger partial charge is 0.475 e. The molecule has 0 radical (unpaired) electrons. The first-order valence-corrected chi connectivity index (χ1v) is 37.9. The number of carbonyl (C=O) groups is 8. The molecule has 117 heavy (non-hydrogen) atoms. The normalized spacial score (nSPS) is 22.2. The van der Waals surface area contributed by atoms with E-state index in [1.165, 1.54) is 19.6 Å². The number of fused-ring (bicyclic) bond motifs is 12. The van der Waals surface area contributed by atoms with Crippen LogP contribution in [0.1, 0.15) is 160 Å². The third kappa shape index (κ3) is 16.7. The van der Waals surface area contributed by atoms with Crippen LogP contribution in [0.2, 0.25) is 0 Å². The van der Waals surface area contributed by atoms with Gasteiger partial charge in [-0.3, -0.25) is 93.5 Å². The third-order valence-electron chi connectivity index (χ3n) is 21.7. The summed E-state index contributed by atoms with van der Waals surface area (Å²) in [7, 11) is 6.68. The van der Waals surface area contributed by atoms with Crippen molar-refractivity contribution in [2.75, 3.05) is 47.8 Å². The fourth-order valence-electron chi connectivity index (χ4n) is 15.2. The number of likely N-dealkylation sites (N-methyl/N-ethyl adjacent to an activating group) is 4. The van der Waals surface area contributed by atoms with E-state index in [2.05, 4.69) is 117 Å². The van der Waals surface area contributed by atoms with E-state index in [-0.39, 0.29) is 88.4 Å². The van der Waals surface area contributed by atoms with Crippen LogP contribution in [0.4, 0.5) is 23.3 Å². The quantitative estimate of drug-likeness (QED) is 0.0695. The zero-order valence-electron chi connectivity index (χ0n) is 63.5. The van der Waals surface area contributed by atoms with E-state index in [4.69, 9.17) is 10.8 Å². The Morgan fingerprint density at radius 1 is 0.359 bits per heavy atom. The van der Waals surface area contributed by atoms with Crippen LogP contribution in [-0.2, 0) is 44.9 Å². The number of hydrogen-bond donors (Lipinski definition) is 9. The monoisotopic (exact) mass is 1570 g/mol. The molecule has 12 aromatic rings. The molecule has 4 saturated carbocycles. The molecule has 1 unspecified atom stereocenters. The second-order valence-corrected chi connectivity index (χ2v) is 29.4. The number of aromatic nitrogens is 20. The second-order valence-electron chi connectivity index (χ2n) is 29.4. The number of anilines is 4. The lowest BCUT2D eigenvalue weighted by Gasteiger charge is -2.22. The first-order chi connectivity index (χ1) is 56.8. The Morgan fingerprint density at radius 2 is 0.598 bits per heavy atom. The van der Waals surface area contributed by atoms with Gasteiger partial charge in [0.1, 0.15) is 41.4 Å². The van der Waals surface area contributed by atoms with Crippen molar-refractivity contribution in [1.82, 2.24) is 117 Å². The van der Waals surface area contributed by atoms with E-state index in [1.807, 2.05) is 121 Å². The predicted octanol–water partition coefficient (Wildman–Crippen LogP) is 4.17. The van der Waals surface area contributed by atoms with Crippen LogP contribution in [-0.4, -0.2) is 205 Å². The Morgan fingerprint density at radius 3 is 0.872 bits per heavy atom. The number of nitrogens with one attached hydrogen (secondary N) is 7. The minimum Gasteiger partial charge on any atom is -0.475 e. The molecule has 4 fully saturated rings. The number of aromatic amines is 4. The van der Waals surface area contributed by atoms with Gasteiger partial charge in [0, 0.05) is 127 Å². The van der Waals surface area contributed by atoms with Gasteiger partial charge in [-0.15, -0.1) is 20.4 Å². The summed E-state index contributed by atoms with van der Waals surface area (Å²) in [5.41, 5.74) is 13.5. The summed E-state index contributed by atoms with van der Waals surface area (Å²) >= 11 is 0. The molecule has 12 atom stereocenters. The zero-order chi connectivity index (χ0) is 81.1. The highest BCUT2D eigenvalue weighted by molar-refractivity contribution is 6.04. The van der Waals surface area contributed by atoms with Gasteiger partial charge in [-0.25, -0.2) is 44.7 Å². The van der Waals surface area contributed by atoms with Gasteiger partial charge in [-0.05, 0) is 71.6 Å². The number of H-pyrrole nitrogens is 4. The number of carbonyl (C=O) groups excluding carboxylic acids is 7. The Hall–Kier alpha value is -14.5. The van der Waals surface area contributed by atoms with E-state index in [0.717, 1.165) is 70.7 Å². The van der Waals surface area contributed by atoms with E-state index in [9.17, 15) is 38.4 Å². The third-order valence-corrected chi connectivity index (χ3v) is 21.7.